The molecule has 1 aromatic rings. The van der Waals surface area contributed by atoms with E-state index in [9.17, 15) is 4.79 Å². The predicted molar refractivity (Wildman–Crippen MR) is 85.6 cm³/mol. The fraction of sp³-hybridized carbons (Fsp3) is 0.588. The summed E-state index contributed by atoms with van der Waals surface area (Å²) in [6, 6.07) is 8.13. The summed E-state index contributed by atoms with van der Waals surface area (Å²) in [5.41, 5.74) is 2.21. The molecule has 4 nitrogen and oxygen atoms in total. The van der Waals surface area contributed by atoms with Crippen LogP contribution in [0.4, 0.5) is 5.69 Å². The van der Waals surface area contributed by atoms with Crippen LogP contribution in [0.15, 0.2) is 24.3 Å². The molecule has 2 rings (SSSR count). The summed E-state index contributed by atoms with van der Waals surface area (Å²) in [7, 11) is 4.02. The van der Waals surface area contributed by atoms with Crippen molar-refractivity contribution < 1.29 is 9.53 Å². The molecular formula is C17H26N2O2. The Balaban J connectivity index is 1.64. The second-order valence-electron chi connectivity index (χ2n) is 5.96. The second kappa shape index (κ2) is 8.03. The Labute approximate surface area is 127 Å². The summed E-state index contributed by atoms with van der Waals surface area (Å²) in [6.45, 7) is 2.57. The molecule has 0 aliphatic carbocycles. The van der Waals surface area contributed by atoms with Crippen LogP contribution in [0.2, 0.25) is 0 Å². The number of rotatable bonds is 7. The van der Waals surface area contributed by atoms with Gasteiger partial charge in [-0.05, 0) is 42.9 Å². The highest BCUT2D eigenvalue weighted by Crippen LogP contribution is 2.17. The van der Waals surface area contributed by atoms with Gasteiger partial charge in [0.1, 0.15) is 0 Å². The van der Waals surface area contributed by atoms with E-state index in [1.807, 2.05) is 38.4 Å². The van der Waals surface area contributed by atoms with Gasteiger partial charge in [0, 0.05) is 39.5 Å². The molecule has 21 heavy (non-hydrogen) atoms. The Kier molecular flexibility index (Phi) is 6.05. The third-order valence-corrected chi connectivity index (χ3v) is 3.95. The van der Waals surface area contributed by atoms with E-state index in [1.165, 1.54) is 6.42 Å². The Morgan fingerprint density at radius 1 is 1.33 bits per heavy atom. The number of benzene rings is 1. The van der Waals surface area contributed by atoms with Gasteiger partial charge in [-0.25, -0.2) is 0 Å². The van der Waals surface area contributed by atoms with Crippen LogP contribution in [0, 0.1) is 5.92 Å². The van der Waals surface area contributed by atoms with Crippen molar-refractivity contribution in [2.45, 2.75) is 25.7 Å². The molecule has 1 amide bonds. The summed E-state index contributed by atoms with van der Waals surface area (Å²) in [5, 5.41) is 3.00. The first-order chi connectivity index (χ1) is 10.1. The highest BCUT2D eigenvalue weighted by atomic mass is 16.5. The molecule has 4 heteroatoms. The van der Waals surface area contributed by atoms with Gasteiger partial charge in [0.05, 0.1) is 6.42 Å². The van der Waals surface area contributed by atoms with Crippen molar-refractivity contribution in [3.8, 4) is 0 Å². The quantitative estimate of drug-likeness (QED) is 0.783. The first kappa shape index (κ1) is 15.8. The summed E-state index contributed by atoms with van der Waals surface area (Å²) >= 11 is 0. The molecule has 0 bridgehead atoms. The van der Waals surface area contributed by atoms with E-state index >= 15 is 0 Å². The van der Waals surface area contributed by atoms with Gasteiger partial charge in [0.25, 0.3) is 0 Å². The van der Waals surface area contributed by atoms with E-state index in [2.05, 4.69) is 10.2 Å². The van der Waals surface area contributed by atoms with Crippen LogP contribution in [0.3, 0.4) is 0 Å². The number of amides is 1. The Morgan fingerprint density at radius 3 is 2.71 bits per heavy atom. The smallest absolute Gasteiger partial charge is 0.224 e. The zero-order chi connectivity index (χ0) is 15.1. The molecule has 1 aliphatic rings. The molecule has 1 atom stereocenters. The summed E-state index contributed by atoms with van der Waals surface area (Å²) in [5.74, 6) is 0.802. The van der Waals surface area contributed by atoms with Crippen LogP contribution in [0.5, 0.6) is 0 Å². The standard InChI is InChI=1S/C17H26N2O2/c1-19(2)16-7-5-14(6-8-16)12-17(20)18-10-3-4-15-9-11-21-13-15/h5-8,15H,3-4,9-13H2,1-2H3,(H,18,20). The van der Waals surface area contributed by atoms with Crippen molar-refractivity contribution in [1.82, 2.24) is 5.32 Å². The molecule has 1 N–H and O–H groups in total. The predicted octanol–water partition coefficient (Wildman–Crippen LogP) is 2.23. The molecule has 1 aromatic carbocycles. The van der Waals surface area contributed by atoms with Gasteiger partial charge >= 0.3 is 0 Å². The highest BCUT2D eigenvalue weighted by molar-refractivity contribution is 5.78. The Morgan fingerprint density at radius 2 is 2.10 bits per heavy atom. The number of hydrogen-bond donors (Lipinski definition) is 1. The molecule has 1 aliphatic heterocycles. The largest absolute Gasteiger partial charge is 0.381 e. The number of anilines is 1. The Hall–Kier alpha value is -1.55. The summed E-state index contributed by atoms with van der Waals surface area (Å²) in [4.78, 5) is 13.9. The van der Waals surface area contributed by atoms with Gasteiger partial charge in [0.15, 0.2) is 0 Å². The zero-order valence-corrected chi connectivity index (χ0v) is 13.1. The lowest BCUT2D eigenvalue weighted by molar-refractivity contribution is -0.120. The van der Waals surface area contributed by atoms with Gasteiger partial charge in [-0.1, -0.05) is 12.1 Å². The van der Waals surface area contributed by atoms with E-state index in [4.69, 9.17) is 4.74 Å². The van der Waals surface area contributed by atoms with E-state index in [-0.39, 0.29) is 5.91 Å². The van der Waals surface area contributed by atoms with Gasteiger partial charge in [-0.3, -0.25) is 4.79 Å². The van der Waals surface area contributed by atoms with Crippen molar-refractivity contribution in [1.29, 1.82) is 0 Å². The average Bonchev–Trinajstić information content (AvgIpc) is 2.97. The zero-order valence-electron chi connectivity index (χ0n) is 13.1. The van der Waals surface area contributed by atoms with Crippen LogP contribution in [-0.2, 0) is 16.0 Å². The number of nitrogens with one attached hydrogen (secondary N) is 1. The molecule has 1 saturated heterocycles. The van der Waals surface area contributed by atoms with Crippen LogP contribution in [-0.4, -0.2) is 39.8 Å². The van der Waals surface area contributed by atoms with Crippen molar-refractivity contribution in [3.63, 3.8) is 0 Å². The molecule has 1 heterocycles. The maximum absolute atomic E-state index is 11.9. The van der Waals surface area contributed by atoms with Crippen LogP contribution in [0.1, 0.15) is 24.8 Å². The lowest BCUT2D eigenvalue weighted by atomic mass is 10.0. The maximum Gasteiger partial charge on any atom is 0.224 e. The SMILES string of the molecule is CN(C)c1ccc(CC(=O)NCCCC2CCOC2)cc1. The number of ether oxygens (including phenoxy) is 1. The first-order valence-electron chi connectivity index (χ1n) is 7.76. The molecule has 116 valence electrons. The molecule has 0 radical (unpaired) electrons. The minimum absolute atomic E-state index is 0.107. The third kappa shape index (κ3) is 5.38. The summed E-state index contributed by atoms with van der Waals surface area (Å²) < 4.78 is 5.35. The average molecular weight is 290 g/mol. The van der Waals surface area contributed by atoms with E-state index < -0.39 is 0 Å². The van der Waals surface area contributed by atoms with Gasteiger partial charge < -0.3 is 15.0 Å². The number of carbonyl (C=O) groups is 1. The fourth-order valence-electron chi connectivity index (χ4n) is 2.59. The number of hydrogen-bond acceptors (Lipinski definition) is 3. The van der Waals surface area contributed by atoms with Crippen molar-refractivity contribution >= 4 is 11.6 Å². The van der Waals surface area contributed by atoms with Crippen molar-refractivity contribution in [2.24, 2.45) is 5.92 Å². The second-order valence-corrected chi connectivity index (χ2v) is 5.96. The normalized spacial score (nSPS) is 17.7. The van der Waals surface area contributed by atoms with Crippen molar-refractivity contribution in [2.75, 3.05) is 38.8 Å². The lowest BCUT2D eigenvalue weighted by Gasteiger charge is -2.12. The third-order valence-electron chi connectivity index (χ3n) is 3.95. The fourth-order valence-corrected chi connectivity index (χ4v) is 2.59. The number of carbonyl (C=O) groups excluding carboxylic acids is 1. The van der Waals surface area contributed by atoms with E-state index in [0.29, 0.717) is 12.3 Å². The van der Waals surface area contributed by atoms with Crippen LogP contribution < -0.4 is 10.2 Å². The van der Waals surface area contributed by atoms with Crippen molar-refractivity contribution in [3.05, 3.63) is 29.8 Å². The van der Waals surface area contributed by atoms with Gasteiger partial charge in [-0.2, -0.15) is 0 Å². The minimum Gasteiger partial charge on any atom is -0.381 e. The van der Waals surface area contributed by atoms with E-state index in [0.717, 1.165) is 43.9 Å². The summed E-state index contributed by atoms with van der Waals surface area (Å²) in [6.07, 6.45) is 3.82. The Bertz CT molecular complexity index is 437. The molecule has 0 aromatic heterocycles. The number of nitrogens with zero attached hydrogens (tertiary/aromatic N) is 1. The van der Waals surface area contributed by atoms with E-state index in [1.54, 1.807) is 0 Å². The highest BCUT2D eigenvalue weighted by Gasteiger charge is 2.14. The molecule has 1 unspecified atom stereocenters. The maximum atomic E-state index is 11.9. The van der Waals surface area contributed by atoms with Gasteiger partial charge in [-0.15, -0.1) is 0 Å². The molecule has 0 saturated carbocycles. The first-order valence-corrected chi connectivity index (χ1v) is 7.76. The molecule has 0 spiro atoms. The minimum atomic E-state index is 0.107. The van der Waals surface area contributed by atoms with Crippen LogP contribution >= 0.6 is 0 Å². The molecule has 1 fully saturated rings. The topological polar surface area (TPSA) is 41.6 Å². The lowest BCUT2D eigenvalue weighted by Crippen LogP contribution is -2.26. The van der Waals surface area contributed by atoms with Crippen LogP contribution in [0.25, 0.3) is 0 Å². The molecular weight excluding hydrogens is 264 g/mol. The van der Waals surface area contributed by atoms with Gasteiger partial charge in [0.2, 0.25) is 5.91 Å². The monoisotopic (exact) mass is 290 g/mol.